The zero-order chi connectivity index (χ0) is 20.1. The van der Waals surface area contributed by atoms with Gasteiger partial charge in [-0.1, -0.05) is 30.3 Å². The number of carbonyl (C=O) groups is 1. The Morgan fingerprint density at radius 3 is 2.64 bits per heavy atom. The number of carbonyl (C=O) groups excluding carboxylic acids is 1. The molecule has 6 nitrogen and oxygen atoms in total. The maximum atomic E-state index is 13.8. The van der Waals surface area contributed by atoms with Crippen molar-refractivity contribution in [2.75, 3.05) is 19.7 Å². The Labute approximate surface area is 162 Å². The van der Waals surface area contributed by atoms with Crippen molar-refractivity contribution >= 4 is 16.8 Å². The third-order valence-corrected chi connectivity index (χ3v) is 4.80. The van der Waals surface area contributed by atoms with Crippen LogP contribution in [0.4, 0.5) is 4.39 Å². The van der Waals surface area contributed by atoms with Crippen LogP contribution in [0.25, 0.3) is 22.0 Å². The predicted octanol–water partition coefficient (Wildman–Crippen LogP) is 1.99. The summed E-state index contributed by atoms with van der Waals surface area (Å²) in [6.07, 6.45) is 0.511. The van der Waals surface area contributed by atoms with Crippen molar-refractivity contribution in [3.63, 3.8) is 0 Å². The Kier molecular flexibility index (Phi) is 6.41. The molecule has 0 saturated carbocycles. The van der Waals surface area contributed by atoms with E-state index in [1.165, 1.54) is 12.1 Å². The number of H-pyrrole nitrogens is 1. The molecule has 3 aromatic rings. The highest BCUT2D eigenvalue weighted by Gasteiger charge is 2.20. The van der Waals surface area contributed by atoms with E-state index < -0.39 is 0 Å². The number of halogens is 1. The van der Waals surface area contributed by atoms with E-state index in [9.17, 15) is 14.3 Å². The molecule has 28 heavy (non-hydrogen) atoms. The van der Waals surface area contributed by atoms with Crippen LogP contribution >= 0.6 is 0 Å². The first kappa shape index (κ1) is 20.0. The highest BCUT2D eigenvalue weighted by atomic mass is 19.1. The standard InChI is InChI=1S/C21H25FN4O2/c22-15-6-7-18-17(9-15)19(14-4-2-1-3-5-14)20(26-18)21(28)25-11-16(24)8-13(10-23)12-27/h1-7,9,13,16,26-27H,8,10-12,23-24H2,(H,25,28). The maximum absolute atomic E-state index is 13.8. The number of nitrogens with two attached hydrogens (primary N) is 2. The summed E-state index contributed by atoms with van der Waals surface area (Å²) in [4.78, 5) is 16.0. The summed E-state index contributed by atoms with van der Waals surface area (Å²) in [7, 11) is 0. The lowest BCUT2D eigenvalue weighted by atomic mass is 10.0. The summed E-state index contributed by atoms with van der Waals surface area (Å²) in [6.45, 7) is 0.543. The molecule has 2 unspecified atom stereocenters. The van der Waals surface area contributed by atoms with Gasteiger partial charge in [-0.15, -0.1) is 0 Å². The van der Waals surface area contributed by atoms with Gasteiger partial charge in [-0.3, -0.25) is 4.79 Å². The van der Waals surface area contributed by atoms with Crippen molar-refractivity contribution in [3.05, 3.63) is 60.0 Å². The van der Waals surface area contributed by atoms with Crippen LogP contribution in [0.15, 0.2) is 48.5 Å². The van der Waals surface area contributed by atoms with Crippen molar-refractivity contribution in [2.24, 2.45) is 17.4 Å². The van der Waals surface area contributed by atoms with Gasteiger partial charge in [0.05, 0.1) is 0 Å². The second-order valence-electron chi connectivity index (χ2n) is 6.92. The van der Waals surface area contributed by atoms with Gasteiger partial charge < -0.3 is 26.9 Å². The molecule has 0 aliphatic rings. The molecular formula is C21H25FN4O2. The summed E-state index contributed by atoms with van der Waals surface area (Å²) in [6, 6.07) is 13.4. The first-order chi connectivity index (χ1) is 13.5. The Balaban J connectivity index is 1.87. The number of amides is 1. The van der Waals surface area contributed by atoms with Crippen molar-refractivity contribution in [2.45, 2.75) is 12.5 Å². The van der Waals surface area contributed by atoms with Gasteiger partial charge in [-0.2, -0.15) is 0 Å². The second-order valence-corrected chi connectivity index (χ2v) is 6.92. The Hall–Kier alpha value is -2.74. The van der Waals surface area contributed by atoms with Crippen molar-refractivity contribution < 1.29 is 14.3 Å². The Bertz CT molecular complexity index is 938. The highest BCUT2D eigenvalue weighted by Crippen LogP contribution is 2.32. The minimum absolute atomic E-state index is 0.0378. The molecule has 1 aromatic heterocycles. The van der Waals surface area contributed by atoms with Crippen molar-refractivity contribution in [1.29, 1.82) is 0 Å². The minimum atomic E-state index is -0.366. The fourth-order valence-electron chi connectivity index (χ4n) is 3.31. The van der Waals surface area contributed by atoms with Gasteiger partial charge in [-0.05, 0) is 42.6 Å². The number of rotatable bonds is 8. The van der Waals surface area contributed by atoms with Gasteiger partial charge in [-0.25, -0.2) is 4.39 Å². The molecule has 0 fully saturated rings. The molecule has 0 radical (unpaired) electrons. The van der Waals surface area contributed by atoms with Gasteiger partial charge in [0.15, 0.2) is 0 Å². The summed E-state index contributed by atoms with van der Waals surface area (Å²) in [5, 5.41) is 12.7. The Morgan fingerprint density at radius 2 is 1.96 bits per heavy atom. The van der Waals surface area contributed by atoms with E-state index in [4.69, 9.17) is 11.5 Å². The molecular weight excluding hydrogens is 359 g/mol. The zero-order valence-corrected chi connectivity index (χ0v) is 15.5. The molecule has 2 aromatic carbocycles. The quantitative estimate of drug-likeness (QED) is 0.408. The van der Waals surface area contributed by atoms with E-state index in [-0.39, 0.29) is 36.8 Å². The number of hydrogen-bond acceptors (Lipinski definition) is 4. The smallest absolute Gasteiger partial charge is 0.268 e. The third-order valence-electron chi connectivity index (χ3n) is 4.80. The van der Waals surface area contributed by atoms with E-state index in [1.807, 2.05) is 30.3 Å². The second kappa shape index (κ2) is 8.97. The molecule has 0 aliphatic heterocycles. The minimum Gasteiger partial charge on any atom is -0.396 e. The van der Waals surface area contributed by atoms with E-state index in [1.54, 1.807) is 6.07 Å². The number of benzene rings is 2. The normalized spacial score (nSPS) is 13.4. The number of fused-ring (bicyclic) bond motifs is 1. The molecule has 0 spiro atoms. The van der Waals surface area contributed by atoms with Gasteiger partial charge in [0.25, 0.3) is 5.91 Å². The highest BCUT2D eigenvalue weighted by molar-refractivity contribution is 6.09. The monoisotopic (exact) mass is 384 g/mol. The maximum Gasteiger partial charge on any atom is 0.268 e. The first-order valence-corrected chi connectivity index (χ1v) is 9.24. The van der Waals surface area contributed by atoms with Gasteiger partial charge in [0.2, 0.25) is 0 Å². The third kappa shape index (κ3) is 4.39. The number of hydrogen-bond donors (Lipinski definition) is 5. The lowest BCUT2D eigenvalue weighted by Gasteiger charge is -2.18. The summed E-state index contributed by atoms with van der Waals surface area (Å²) < 4.78 is 13.8. The van der Waals surface area contributed by atoms with Crippen LogP contribution in [0.3, 0.4) is 0 Å². The van der Waals surface area contributed by atoms with Crippen LogP contribution in [0.2, 0.25) is 0 Å². The largest absolute Gasteiger partial charge is 0.396 e. The molecule has 7 N–H and O–H groups in total. The number of nitrogens with one attached hydrogen (secondary N) is 2. The summed E-state index contributed by atoms with van der Waals surface area (Å²) >= 11 is 0. The summed E-state index contributed by atoms with van der Waals surface area (Å²) in [5.74, 6) is -0.781. The fraction of sp³-hybridized carbons (Fsp3) is 0.286. The molecule has 0 saturated heterocycles. The van der Waals surface area contributed by atoms with E-state index in [0.717, 1.165) is 5.56 Å². The molecule has 0 bridgehead atoms. The molecule has 1 heterocycles. The Morgan fingerprint density at radius 1 is 1.21 bits per heavy atom. The lowest BCUT2D eigenvalue weighted by Crippen LogP contribution is -2.40. The summed E-state index contributed by atoms with van der Waals surface area (Å²) in [5.41, 5.74) is 14.1. The predicted molar refractivity (Wildman–Crippen MR) is 108 cm³/mol. The molecule has 1 amide bonds. The topological polar surface area (TPSA) is 117 Å². The number of aliphatic hydroxyl groups is 1. The van der Waals surface area contributed by atoms with Crippen LogP contribution < -0.4 is 16.8 Å². The van der Waals surface area contributed by atoms with E-state index in [2.05, 4.69) is 10.3 Å². The van der Waals surface area contributed by atoms with E-state index in [0.29, 0.717) is 35.1 Å². The molecule has 2 atom stereocenters. The van der Waals surface area contributed by atoms with Gasteiger partial charge in [0.1, 0.15) is 11.5 Å². The van der Waals surface area contributed by atoms with Crippen LogP contribution in [-0.2, 0) is 0 Å². The molecule has 3 rings (SSSR count). The number of aromatic amines is 1. The zero-order valence-electron chi connectivity index (χ0n) is 15.5. The average molecular weight is 384 g/mol. The average Bonchev–Trinajstić information content (AvgIpc) is 3.09. The van der Waals surface area contributed by atoms with Crippen LogP contribution in [0.1, 0.15) is 16.9 Å². The van der Waals surface area contributed by atoms with Gasteiger partial charge in [0, 0.05) is 35.7 Å². The van der Waals surface area contributed by atoms with Crippen molar-refractivity contribution in [1.82, 2.24) is 10.3 Å². The molecule has 0 aliphatic carbocycles. The number of aliphatic hydroxyl groups excluding tert-OH is 1. The molecule has 148 valence electrons. The first-order valence-electron chi connectivity index (χ1n) is 9.24. The number of aromatic nitrogens is 1. The van der Waals surface area contributed by atoms with Crippen LogP contribution in [0.5, 0.6) is 0 Å². The van der Waals surface area contributed by atoms with Crippen molar-refractivity contribution in [3.8, 4) is 11.1 Å². The SMILES string of the molecule is NCC(CO)CC(N)CNC(=O)c1[nH]c2ccc(F)cc2c1-c1ccccc1. The fourth-order valence-corrected chi connectivity index (χ4v) is 3.31. The lowest BCUT2D eigenvalue weighted by molar-refractivity contribution is 0.0946. The van der Waals surface area contributed by atoms with Gasteiger partial charge >= 0.3 is 0 Å². The van der Waals surface area contributed by atoms with Crippen LogP contribution in [0, 0.1) is 11.7 Å². The van der Waals surface area contributed by atoms with Crippen LogP contribution in [-0.4, -0.2) is 41.7 Å². The van der Waals surface area contributed by atoms with E-state index >= 15 is 0 Å². The molecule has 7 heteroatoms.